The van der Waals surface area contributed by atoms with Crippen LogP contribution in [0.3, 0.4) is 0 Å². The number of amides is 1. The van der Waals surface area contributed by atoms with Gasteiger partial charge in [0.2, 0.25) is 0 Å². The van der Waals surface area contributed by atoms with Crippen LogP contribution in [-0.2, 0) is 6.54 Å². The van der Waals surface area contributed by atoms with Crippen LogP contribution in [0.25, 0.3) is 0 Å². The van der Waals surface area contributed by atoms with Crippen molar-refractivity contribution in [3.8, 4) is 0 Å². The summed E-state index contributed by atoms with van der Waals surface area (Å²) in [6.45, 7) is 0.256. The van der Waals surface area contributed by atoms with Crippen LogP contribution >= 0.6 is 11.6 Å². The first-order valence-electron chi connectivity index (χ1n) is 4.73. The summed E-state index contributed by atoms with van der Waals surface area (Å²) < 4.78 is 12.9. The summed E-state index contributed by atoms with van der Waals surface area (Å²) in [5, 5.41) is 2.53. The van der Waals surface area contributed by atoms with Crippen molar-refractivity contribution >= 4 is 17.5 Å². The average molecular weight is 255 g/mol. The van der Waals surface area contributed by atoms with Gasteiger partial charge in [-0.2, -0.15) is 0 Å². The summed E-state index contributed by atoms with van der Waals surface area (Å²) in [5.41, 5.74) is 0.741. The molecule has 2 aromatic heterocycles. The third-order valence-corrected chi connectivity index (χ3v) is 2.35. The Bertz CT molecular complexity index is 529. The van der Waals surface area contributed by atoms with Gasteiger partial charge in [-0.25, -0.2) is 14.4 Å². The molecule has 0 aliphatic rings. The van der Waals surface area contributed by atoms with Gasteiger partial charge in [0.25, 0.3) is 5.91 Å². The molecule has 2 rings (SSSR count). The van der Waals surface area contributed by atoms with E-state index >= 15 is 0 Å². The molecule has 0 bridgehead atoms. The number of halogens is 2. The maximum Gasteiger partial charge on any atom is 0.254 e. The minimum atomic E-state index is -0.610. The minimum absolute atomic E-state index is 0.00572. The van der Waals surface area contributed by atoms with Crippen molar-refractivity contribution in [3.63, 3.8) is 0 Å². The van der Waals surface area contributed by atoms with Gasteiger partial charge in [0.05, 0.1) is 30.3 Å². The molecule has 5 nitrogen and oxygen atoms in total. The topological polar surface area (TPSA) is 70.7 Å². The smallest absolute Gasteiger partial charge is 0.254 e. The Morgan fingerprint density at radius 3 is 3.06 bits per heavy atom. The second kappa shape index (κ2) is 4.92. The number of aromatic nitrogens is 3. The molecule has 7 heteroatoms. The number of carbonyl (C=O) groups excluding carboxylic acids is 1. The van der Waals surface area contributed by atoms with Crippen molar-refractivity contribution in [2.45, 2.75) is 6.54 Å². The first kappa shape index (κ1) is 11.5. The largest absolute Gasteiger partial charge is 0.347 e. The van der Waals surface area contributed by atoms with E-state index in [0.29, 0.717) is 0 Å². The fourth-order valence-electron chi connectivity index (χ4n) is 1.23. The van der Waals surface area contributed by atoms with Crippen molar-refractivity contribution in [3.05, 3.63) is 47.0 Å². The highest BCUT2D eigenvalue weighted by Gasteiger charge is 2.12. The number of carbonyl (C=O) groups is 1. The molecule has 0 aliphatic heterocycles. The molecule has 17 heavy (non-hydrogen) atoms. The van der Waals surface area contributed by atoms with Crippen molar-refractivity contribution in [2.24, 2.45) is 0 Å². The maximum absolute atomic E-state index is 12.9. The molecule has 0 aliphatic carbocycles. The van der Waals surface area contributed by atoms with E-state index in [9.17, 15) is 9.18 Å². The Morgan fingerprint density at radius 1 is 1.53 bits per heavy atom. The molecule has 0 spiro atoms. The Hall–Kier alpha value is -1.95. The van der Waals surface area contributed by atoms with Crippen molar-refractivity contribution in [1.29, 1.82) is 0 Å². The second-order valence-corrected chi connectivity index (χ2v) is 3.61. The van der Waals surface area contributed by atoms with Crippen LogP contribution in [0.5, 0.6) is 0 Å². The molecule has 1 amide bonds. The zero-order valence-corrected chi connectivity index (χ0v) is 9.33. The van der Waals surface area contributed by atoms with E-state index in [1.54, 1.807) is 6.20 Å². The summed E-state index contributed by atoms with van der Waals surface area (Å²) >= 11 is 5.69. The first-order chi connectivity index (χ1) is 8.16. The summed E-state index contributed by atoms with van der Waals surface area (Å²) in [5.74, 6) is -1.10. The molecular weight excluding hydrogens is 247 g/mol. The Labute approximate surface area is 101 Å². The van der Waals surface area contributed by atoms with E-state index in [0.717, 1.165) is 18.0 Å². The van der Waals surface area contributed by atoms with Gasteiger partial charge in [-0.05, 0) is 6.07 Å². The Morgan fingerprint density at radius 2 is 2.35 bits per heavy atom. The number of aromatic amines is 1. The maximum atomic E-state index is 12.9. The SMILES string of the molecule is O=C(NCc1cnc[nH]1)c1cc(F)cnc1Cl. The van der Waals surface area contributed by atoms with Gasteiger partial charge in [-0.1, -0.05) is 11.6 Å². The van der Waals surface area contributed by atoms with Crippen LogP contribution in [0.4, 0.5) is 4.39 Å². The first-order valence-corrected chi connectivity index (χ1v) is 5.11. The van der Waals surface area contributed by atoms with Crippen LogP contribution < -0.4 is 5.32 Å². The molecule has 0 saturated carbocycles. The molecular formula is C10H8ClFN4O. The number of pyridine rings is 1. The third kappa shape index (κ3) is 2.79. The predicted molar refractivity (Wildman–Crippen MR) is 59.0 cm³/mol. The van der Waals surface area contributed by atoms with E-state index in [-0.39, 0.29) is 17.3 Å². The third-order valence-electron chi connectivity index (χ3n) is 2.04. The fraction of sp³-hybridized carbons (Fsp3) is 0.100. The van der Waals surface area contributed by atoms with Gasteiger partial charge in [0.15, 0.2) is 0 Å². The molecule has 0 saturated heterocycles. The lowest BCUT2D eigenvalue weighted by molar-refractivity contribution is 0.0950. The van der Waals surface area contributed by atoms with Gasteiger partial charge in [0.1, 0.15) is 11.0 Å². The van der Waals surface area contributed by atoms with E-state index in [1.165, 1.54) is 6.33 Å². The molecule has 2 aromatic rings. The zero-order valence-electron chi connectivity index (χ0n) is 8.58. The van der Waals surface area contributed by atoms with E-state index in [2.05, 4.69) is 20.3 Å². The highest BCUT2D eigenvalue weighted by atomic mass is 35.5. The number of hydrogen-bond donors (Lipinski definition) is 2. The highest BCUT2D eigenvalue weighted by molar-refractivity contribution is 6.32. The standard InChI is InChI=1S/C10H8ClFN4O/c11-9-8(1-6(12)2-14-9)10(17)15-4-7-3-13-5-16-7/h1-3,5H,4H2,(H,13,16)(H,15,17). The molecule has 0 radical (unpaired) electrons. The van der Waals surface area contributed by atoms with Crippen molar-refractivity contribution in [2.75, 3.05) is 0 Å². The van der Waals surface area contributed by atoms with Gasteiger partial charge in [-0.3, -0.25) is 4.79 Å². The molecule has 0 unspecified atom stereocenters. The number of H-pyrrole nitrogens is 1. The number of hydrogen-bond acceptors (Lipinski definition) is 3. The second-order valence-electron chi connectivity index (χ2n) is 3.25. The monoisotopic (exact) mass is 254 g/mol. The quantitative estimate of drug-likeness (QED) is 0.816. The highest BCUT2D eigenvalue weighted by Crippen LogP contribution is 2.13. The number of nitrogens with zero attached hydrogens (tertiary/aromatic N) is 2. The molecule has 88 valence electrons. The lowest BCUT2D eigenvalue weighted by Crippen LogP contribution is -2.23. The molecule has 0 atom stereocenters. The number of rotatable bonds is 3. The van der Waals surface area contributed by atoms with Crippen molar-refractivity contribution in [1.82, 2.24) is 20.3 Å². The van der Waals surface area contributed by atoms with Crippen LogP contribution in [0.2, 0.25) is 5.15 Å². The molecule has 0 aromatic carbocycles. The lowest BCUT2D eigenvalue weighted by Gasteiger charge is -2.04. The Kier molecular flexibility index (Phi) is 3.34. The van der Waals surface area contributed by atoms with Gasteiger partial charge in [0, 0.05) is 6.20 Å². The summed E-state index contributed by atoms with van der Waals surface area (Å²) in [6.07, 6.45) is 4.03. The van der Waals surface area contributed by atoms with E-state index < -0.39 is 11.7 Å². The van der Waals surface area contributed by atoms with Gasteiger partial charge >= 0.3 is 0 Å². The summed E-state index contributed by atoms with van der Waals surface area (Å²) in [4.78, 5) is 21.9. The van der Waals surface area contributed by atoms with Gasteiger partial charge in [-0.15, -0.1) is 0 Å². The van der Waals surface area contributed by atoms with Crippen LogP contribution in [0.15, 0.2) is 24.8 Å². The zero-order chi connectivity index (χ0) is 12.3. The van der Waals surface area contributed by atoms with Crippen LogP contribution in [0.1, 0.15) is 16.1 Å². The van der Waals surface area contributed by atoms with E-state index in [4.69, 9.17) is 11.6 Å². The summed E-state index contributed by atoms with van der Waals surface area (Å²) in [6, 6.07) is 1.04. The van der Waals surface area contributed by atoms with Gasteiger partial charge < -0.3 is 10.3 Å². The average Bonchev–Trinajstić information content (AvgIpc) is 2.82. The van der Waals surface area contributed by atoms with Crippen LogP contribution in [-0.4, -0.2) is 20.9 Å². The molecule has 0 fully saturated rings. The minimum Gasteiger partial charge on any atom is -0.347 e. The number of nitrogens with one attached hydrogen (secondary N) is 2. The normalized spacial score (nSPS) is 10.2. The molecule has 2 heterocycles. The fourth-order valence-corrected chi connectivity index (χ4v) is 1.42. The molecule has 2 N–H and O–H groups in total. The van der Waals surface area contributed by atoms with Crippen molar-refractivity contribution < 1.29 is 9.18 Å². The number of imidazole rings is 1. The summed E-state index contributed by atoms with van der Waals surface area (Å²) in [7, 11) is 0. The van der Waals surface area contributed by atoms with Crippen LogP contribution in [0, 0.1) is 5.82 Å². The predicted octanol–water partition coefficient (Wildman–Crippen LogP) is 1.53. The van der Waals surface area contributed by atoms with E-state index in [1.807, 2.05) is 0 Å². The lowest BCUT2D eigenvalue weighted by atomic mass is 10.2. The Balaban J connectivity index is 2.07.